The van der Waals surface area contributed by atoms with Gasteiger partial charge in [-0.25, -0.2) is 0 Å². The van der Waals surface area contributed by atoms with E-state index in [0.29, 0.717) is 17.1 Å². The van der Waals surface area contributed by atoms with Crippen LogP contribution in [-0.4, -0.2) is 30.5 Å². The number of benzene rings is 1. The minimum atomic E-state index is -0.943. The second-order valence-corrected chi connectivity index (χ2v) is 6.45. The van der Waals surface area contributed by atoms with Crippen molar-refractivity contribution in [2.45, 2.75) is 46.5 Å². The van der Waals surface area contributed by atoms with Crippen molar-refractivity contribution in [1.82, 2.24) is 4.57 Å². The second-order valence-electron chi connectivity index (χ2n) is 6.45. The highest BCUT2D eigenvalue weighted by molar-refractivity contribution is 6.09. The van der Waals surface area contributed by atoms with Crippen molar-refractivity contribution in [2.75, 3.05) is 14.2 Å². The van der Waals surface area contributed by atoms with Gasteiger partial charge >= 0.3 is 0 Å². The van der Waals surface area contributed by atoms with E-state index < -0.39 is 5.97 Å². The maximum Gasteiger partial charge on any atom is 0.209 e. The highest BCUT2D eigenvalue weighted by atomic mass is 16.5. The fourth-order valence-electron chi connectivity index (χ4n) is 2.93. The van der Waals surface area contributed by atoms with Crippen LogP contribution >= 0.6 is 0 Å². The van der Waals surface area contributed by atoms with E-state index in [0.717, 1.165) is 36.2 Å². The van der Waals surface area contributed by atoms with Gasteiger partial charge in [-0.15, -0.1) is 0 Å². The summed E-state index contributed by atoms with van der Waals surface area (Å²) in [6, 6.07) is 7.31. The molecule has 0 bridgehead atoms. The fourth-order valence-corrected chi connectivity index (χ4v) is 2.93. The van der Waals surface area contributed by atoms with Gasteiger partial charge in [0.2, 0.25) is 5.78 Å². The van der Waals surface area contributed by atoms with Crippen LogP contribution in [0.15, 0.2) is 24.3 Å². The normalized spacial score (nSPS) is 10.1. The predicted octanol–water partition coefficient (Wildman–Crippen LogP) is 3.07. The zero-order valence-electron chi connectivity index (χ0n) is 17.6. The molecule has 0 radical (unpaired) electrons. The number of ketones is 1. The van der Waals surface area contributed by atoms with Crippen LogP contribution < -0.4 is 14.6 Å². The molecular weight excluding hydrogens is 358 g/mol. The monoisotopic (exact) mass is 388 g/mol. The number of methoxy groups -OCH3 is 2. The van der Waals surface area contributed by atoms with Crippen LogP contribution in [0.4, 0.5) is 0 Å². The maximum atomic E-state index is 12.8. The molecule has 2 aromatic rings. The quantitative estimate of drug-likeness (QED) is 0.649. The van der Waals surface area contributed by atoms with E-state index in [2.05, 4.69) is 13.0 Å². The molecule has 0 aliphatic heterocycles. The maximum absolute atomic E-state index is 12.8. The van der Waals surface area contributed by atoms with Gasteiger partial charge in [-0.2, -0.15) is 0 Å². The van der Waals surface area contributed by atoms with E-state index in [1.807, 2.05) is 25.5 Å². The van der Waals surface area contributed by atoms with Gasteiger partial charge < -0.3 is 23.9 Å². The summed E-state index contributed by atoms with van der Waals surface area (Å²) in [6.07, 6.45) is 2.77. The molecule has 0 saturated heterocycles. The van der Waals surface area contributed by atoms with E-state index in [1.165, 1.54) is 0 Å². The molecule has 28 heavy (non-hydrogen) atoms. The van der Waals surface area contributed by atoms with Gasteiger partial charge in [0.1, 0.15) is 0 Å². The zero-order valence-corrected chi connectivity index (χ0v) is 17.6. The summed E-state index contributed by atoms with van der Waals surface area (Å²) in [6.45, 7) is 6.00. The van der Waals surface area contributed by atoms with E-state index in [4.69, 9.17) is 9.47 Å². The van der Waals surface area contributed by atoms with E-state index >= 15 is 0 Å². The van der Waals surface area contributed by atoms with Crippen LogP contribution in [0, 0.1) is 6.92 Å². The van der Waals surface area contributed by atoms with Gasteiger partial charge in [0.05, 0.1) is 19.9 Å². The molecule has 6 nitrogen and oxygen atoms in total. The first-order chi connectivity index (χ1) is 13.3. The summed E-state index contributed by atoms with van der Waals surface area (Å²) in [5.41, 5.74) is 3.46. The Morgan fingerprint density at radius 3 is 2.14 bits per heavy atom. The van der Waals surface area contributed by atoms with Gasteiger partial charge in [0, 0.05) is 24.3 Å². The van der Waals surface area contributed by atoms with Crippen molar-refractivity contribution in [1.29, 1.82) is 0 Å². The smallest absolute Gasteiger partial charge is 0.209 e. The lowest BCUT2D eigenvalue weighted by molar-refractivity contribution is -0.305. The van der Waals surface area contributed by atoms with Crippen molar-refractivity contribution in [3.05, 3.63) is 46.8 Å². The Balaban J connectivity index is 0.000000480. The molecule has 0 saturated carbocycles. The van der Waals surface area contributed by atoms with Gasteiger partial charge in [-0.1, -0.05) is 20.3 Å². The standard InChI is InChI=1S/C17H21NO3.C5H10O2/c1-6-13-9-11(2)16(18(13)3)17(19)12-7-8-14(20-4)15(10-12)21-5;1-2-3-4-5(6)7/h7-10H,6H2,1-5H3;2-4H2,1H3,(H,6,7)/p-1. The summed E-state index contributed by atoms with van der Waals surface area (Å²) in [5.74, 6) is 0.232. The average Bonchev–Trinajstić information content (AvgIpc) is 2.98. The number of hydrogen-bond acceptors (Lipinski definition) is 5. The largest absolute Gasteiger partial charge is 0.550 e. The molecular formula is C22H30NO5-. The Hall–Kier alpha value is -2.76. The summed E-state index contributed by atoms with van der Waals surface area (Å²) >= 11 is 0. The number of aromatic nitrogens is 1. The van der Waals surface area contributed by atoms with Crippen molar-refractivity contribution < 1.29 is 24.2 Å². The third kappa shape index (κ3) is 5.87. The van der Waals surface area contributed by atoms with Crippen LogP contribution in [0.3, 0.4) is 0 Å². The molecule has 0 atom stereocenters. The molecule has 0 aliphatic rings. The molecule has 1 aromatic carbocycles. The summed E-state index contributed by atoms with van der Waals surface area (Å²) in [5, 5.41) is 9.65. The molecule has 6 heteroatoms. The number of rotatable bonds is 8. The molecule has 0 fully saturated rings. The third-order valence-electron chi connectivity index (χ3n) is 4.48. The molecule has 154 valence electrons. The predicted molar refractivity (Wildman–Crippen MR) is 107 cm³/mol. The first kappa shape index (κ1) is 23.3. The molecule has 2 rings (SSSR count). The molecule has 0 spiro atoms. The van der Waals surface area contributed by atoms with Gasteiger partial charge in [0.15, 0.2) is 11.5 Å². The SMILES string of the molecule is CCCCC(=O)[O-].CCc1cc(C)c(C(=O)c2ccc(OC)c(OC)c2)n1C. The number of carboxylic acids is 1. The number of aryl methyl sites for hydroxylation is 2. The van der Waals surface area contributed by atoms with Crippen LogP contribution in [-0.2, 0) is 18.3 Å². The van der Waals surface area contributed by atoms with E-state index in [9.17, 15) is 14.7 Å². The molecule has 0 aliphatic carbocycles. The summed E-state index contributed by atoms with van der Waals surface area (Å²) in [7, 11) is 5.07. The molecule has 0 amide bonds. The third-order valence-corrected chi connectivity index (χ3v) is 4.48. The van der Waals surface area contributed by atoms with Gasteiger partial charge in [0.25, 0.3) is 0 Å². The van der Waals surface area contributed by atoms with Crippen LogP contribution in [0.1, 0.15) is 60.4 Å². The average molecular weight is 388 g/mol. The summed E-state index contributed by atoms with van der Waals surface area (Å²) in [4.78, 5) is 22.4. The number of hydrogen-bond donors (Lipinski definition) is 0. The number of ether oxygens (including phenoxy) is 2. The zero-order chi connectivity index (χ0) is 21.3. The van der Waals surface area contributed by atoms with Crippen molar-refractivity contribution >= 4 is 11.8 Å². The summed E-state index contributed by atoms with van der Waals surface area (Å²) < 4.78 is 12.4. The van der Waals surface area contributed by atoms with Crippen molar-refractivity contribution in [3.63, 3.8) is 0 Å². The van der Waals surface area contributed by atoms with Crippen LogP contribution in [0.25, 0.3) is 0 Å². The van der Waals surface area contributed by atoms with E-state index in [-0.39, 0.29) is 12.2 Å². The first-order valence-corrected chi connectivity index (χ1v) is 9.42. The number of carboxylic acid groups (broad SMARTS) is 1. The Kier molecular flexibility index (Phi) is 9.28. The molecule has 1 heterocycles. The Morgan fingerprint density at radius 1 is 1.07 bits per heavy atom. The number of carbonyl (C=O) groups is 2. The van der Waals surface area contributed by atoms with Crippen LogP contribution in [0.2, 0.25) is 0 Å². The highest BCUT2D eigenvalue weighted by Gasteiger charge is 2.19. The first-order valence-electron chi connectivity index (χ1n) is 9.42. The van der Waals surface area contributed by atoms with Crippen molar-refractivity contribution in [3.8, 4) is 11.5 Å². The molecule has 0 unspecified atom stereocenters. The Morgan fingerprint density at radius 2 is 1.71 bits per heavy atom. The van der Waals surface area contributed by atoms with Crippen molar-refractivity contribution in [2.24, 2.45) is 7.05 Å². The molecule has 1 aromatic heterocycles. The van der Waals surface area contributed by atoms with E-state index in [1.54, 1.807) is 32.4 Å². The number of carbonyl (C=O) groups excluding carboxylic acids is 2. The number of nitrogens with zero attached hydrogens (tertiary/aromatic N) is 1. The highest BCUT2D eigenvalue weighted by Crippen LogP contribution is 2.29. The van der Waals surface area contributed by atoms with Gasteiger partial charge in [-0.3, -0.25) is 4.79 Å². The number of aliphatic carboxylic acids is 1. The number of unbranched alkanes of at least 4 members (excludes halogenated alkanes) is 1. The van der Waals surface area contributed by atoms with Gasteiger partial charge in [-0.05, 0) is 56.0 Å². The Labute approximate surface area is 167 Å². The van der Waals surface area contributed by atoms with Crippen LogP contribution in [0.5, 0.6) is 11.5 Å². The second kappa shape index (κ2) is 11.2. The topological polar surface area (TPSA) is 80.6 Å². The minimum absolute atomic E-state index is 0.00402. The Bertz CT molecular complexity index is 807. The lowest BCUT2D eigenvalue weighted by Gasteiger charge is -2.10. The fraction of sp³-hybridized carbons (Fsp3) is 0.455. The lowest BCUT2D eigenvalue weighted by atomic mass is 10.1. The molecule has 0 N–H and O–H groups in total. The lowest BCUT2D eigenvalue weighted by Crippen LogP contribution is -2.21. The minimum Gasteiger partial charge on any atom is -0.550 e.